The molecule has 2 nitrogen and oxygen atoms in total. The van der Waals surface area contributed by atoms with Gasteiger partial charge in [-0.05, 0) is 62.2 Å². The molecular formula is C18H28O2. The van der Waals surface area contributed by atoms with Crippen LogP contribution in [-0.2, 0) is 0 Å². The van der Waals surface area contributed by atoms with Crippen LogP contribution in [0.5, 0.6) is 0 Å². The SMILES string of the molecule is C[C@]12CC[C@H]3[C@@H](CC[C@@]4(O)CCCC[C@H]34)[C@@H]1C=C[C@@H]2O. The zero-order chi connectivity index (χ0) is 14.0. The van der Waals surface area contributed by atoms with E-state index in [9.17, 15) is 10.2 Å². The van der Waals surface area contributed by atoms with Gasteiger partial charge in [-0.1, -0.05) is 31.9 Å². The highest BCUT2D eigenvalue weighted by Crippen LogP contribution is 2.61. The Hall–Kier alpha value is -0.340. The van der Waals surface area contributed by atoms with E-state index < -0.39 is 0 Å². The van der Waals surface area contributed by atoms with E-state index in [4.69, 9.17) is 0 Å². The second kappa shape index (κ2) is 4.33. The van der Waals surface area contributed by atoms with Crippen LogP contribution in [0.1, 0.15) is 58.3 Å². The molecule has 0 bridgehead atoms. The third-order valence-electron chi connectivity index (χ3n) is 7.46. The number of fused-ring (bicyclic) bond motifs is 5. The fraction of sp³-hybridized carbons (Fsp3) is 0.889. The molecule has 0 heterocycles. The Morgan fingerprint density at radius 3 is 2.60 bits per heavy atom. The van der Waals surface area contributed by atoms with Crippen LogP contribution in [0.25, 0.3) is 0 Å². The van der Waals surface area contributed by atoms with Gasteiger partial charge in [0, 0.05) is 5.41 Å². The largest absolute Gasteiger partial charge is 0.390 e. The molecule has 0 unspecified atom stereocenters. The van der Waals surface area contributed by atoms with Crippen LogP contribution in [0.3, 0.4) is 0 Å². The van der Waals surface area contributed by atoms with Crippen molar-refractivity contribution >= 4 is 0 Å². The Bertz CT molecular complexity index is 431. The maximum atomic E-state index is 11.0. The van der Waals surface area contributed by atoms with Crippen molar-refractivity contribution in [3.8, 4) is 0 Å². The van der Waals surface area contributed by atoms with E-state index in [1.54, 1.807) is 0 Å². The molecule has 4 aliphatic carbocycles. The van der Waals surface area contributed by atoms with Crippen LogP contribution >= 0.6 is 0 Å². The molecule has 20 heavy (non-hydrogen) atoms. The Morgan fingerprint density at radius 2 is 1.75 bits per heavy atom. The van der Waals surface area contributed by atoms with Gasteiger partial charge in [0.15, 0.2) is 0 Å². The van der Waals surface area contributed by atoms with Gasteiger partial charge >= 0.3 is 0 Å². The lowest BCUT2D eigenvalue weighted by Gasteiger charge is -2.57. The summed E-state index contributed by atoms with van der Waals surface area (Å²) in [5.74, 6) is 2.47. The van der Waals surface area contributed by atoms with Gasteiger partial charge in [0.05, 0.1) is 11.7 Å². The van der Waals surface area contributed by atoms with Crippen molar-refractivity contribution in [1.82, 2.24) is 0 Å². The van der Waals surface area contributed by atoms with Crippen LogP contribution in [0.15, 0.2) is 12.2 Å². The average Bonchev–Trinajstić information content (AvgIpc) is 2.74. The molecule has 0 spiro atoms. The summed E-state index contributed by atoms with van der Waals surface area (Å²) in [5.41, 5.74) is -0.278. The molecule has 0 radical (unpaired) electrons. The Labute approximate surface area is 122 Å². The third-order valence-corrected chi connectivity index (χ3v) is 7.46. The number of hydrogen-bond donors (Lipinski definition) is 2. The zero-order valence-electron chi connectivity index (χ0n) is 12.6. The molecule has 2 heteroatoms. The second-order valence-electron chi connectivity index (χ2n) is 8.22. The van der Waals surface area contributed by atoms with Gasteiger partial charge < -0.3 is 10.2 Å². The summed E-state index contributed by atoms with van der Waals surface area (Å²) in [6, 6.07) is 0. The monoisotopic (exact) mass is 276 g/mol. The molecule has 0 aliphatic heterocycles. The predicted octanol–water partition coefficient (Wildman–Crippen LogP) is 3.28. The number of aliphatic hydroxyl groups excluding tert-OH is 1. The van der Waals surface area contributed by atoms with Crippen molar-refractivity contribution in [3.05, 3.63) is 12.2 Å². The van der Waals surface area contributed by atoms with Crippen LogP contribution in [0.4, 0.5) is 0 Å². The Morgan fingerprint density at radius 1 is 0.950 bits per heavy atom. The van der Waals surface area contributed by atoms with Crippen molar-refractivity contribution in [1.29, 1.82) is 0 Å². The van der Waals surface area contributed by atoms with E-state index >= 15 is 0 Å². The molecule has 7 atom stereocenters. The summed E-state index contributed by atoms with van der Waals surface area (Å²) in [5, 5.41) is 21.3. The van der Waals surface area contributed by atoms with Gasteiger partial charge in [-0.3, -0.25) is 0 Å². The van der Waals surface area contributed by atoms with E-state index in [0.717, 1.165) is 25.7 Å². The first-order chi connectivity index (χ1) is 9.55. The van der Waals surface area contributed by atoms with E-state index in [1.807, 2.05) is 6.08 Å². The minimum atomic E-state index is -0.353. The highest BCUT2D eigenvalue weighted by Gasteiger charge is 2.57. The lowest BCUT2D eigenvalue weighted by atomic mass is 9.49. The highest BCUT2D eigenvalue weighted by molar-refractivity contribution is 5.19. The predicted molar refractivity (Wildman–Crippen MR) is 79.1 cm³/mol. The van der Waals surface area contributed by atoms with Crippen molar-refractivity contribution in [2.75, 3.05) is 0 Å². The van der Waals surface area contributed by atoms with Gasteiger partial charge in [0.25, 0.3) is 0 Å². The lowest BCUT2D eigenvalue weighted by molar-refractivity contribution is -0.151. The van der Waals surface area contributed by atoms with E-state index in [1.165, 1.54) is 25.7 Å². The quantitative estimate of drug-likeness (QED) is 0.667. The molecule has 4 aliphatic rings. The molecule has 4 rings (SSSR count). The summed E-state index contributed by atoms with van der Waals surface area (Å²) in [7, 11) is 0. The van der Waals surface area contributed by atoms with Gasteiger partial charge in [-0.2, -0.15) is 0 Å². The average molecular weight is 276 g/mol. The minimum Gasteiger partial charge on any atom is -0.390 e. The van der Waals surface area contributed by atoms with Gasteiger partial charge in [0.1, 0.15) is 0 Å². The molecule has 0 aromatic rings. The smallest absolute Gasteiger partial charge is 0.0780 e. The van der Waals surface area contributed by atoms with Crippen molar-refractivity contribution in [2.24, 2.45) is 29.1 Å². The van der Waals surface area contributed by atoms with Gasteiger partial charge in [-0.25, -0.2) is 0 Å². The first-order valence-electron chi connectivity index (χ1n) is 8.63. The zero-order valence-corrected chi connectivity index (χ0v) is 12.6. The normalized spacial score (nSPS) is 57.9. The molecule has 3 fully saturated rings. The maximum Gasteiger partial charge on any atom is 0.0780 e. The van der Waals surface area contributed by atoms with Crippen LogP contribution < -0.4 is 0 Å². The van der Waals surface area contributed by atoms with Crippen LogP contribution in [0, 0.1) is 29.1 Å². The molecule has 3 saturated carbocycles. The summed E-state index contributed by atoms with van der Waals surface area (Å²) >= 11 is 0. The van der Waals surface area contributed by atoms with E-state index in [-0.39, 0.29) is 17.1 Å². The molecular weight excluding hydrogens is 248 g/mol. The van der Waals surface area contributed by atoms with E-state index in [2.05, 4.69) is 13.0 Å². The molecule has 0 amide bonds. The number of aliphatic hydroxyl groups is 2. The van der Waals surface area contributed by atoms with Crippen molar-refractivity contribution in [2.45, 2.75) is 70.0 Å². The first-order valence-corrected chi connectivity index (χ1v) is 8.63. The van der Waals surface area contributed by atoms with Crippen LogP contribution in [-0.4, -0.2) is 21.9 Å². The Kier molecular flexibility index (Phi) is 2.89. The molecule has 0 aromatic heterocycles. The summed E-state index contributed by atoms with van der Waals surface area (Å²) in [6.45, 7) is 2.28. The van der Waals surface area contributed by atoms with Crippen LogP contribution in [0.2, 0.25) is 0 Å². The third kappa shape index (κ3) is 1.64. The summed E-state index contributed by atoms with van der Waals surface area (Å²) < 4.78 is 0. The highest BCUT2D eigenvalue weighted by atomic mass is 16.3. The molecule has 112 valence electrons. The fourth-order valence-electron chi connectivity index (χ4n) is 6.25. The second-order valence-corrected chi connectivity index (χ2v) is 8.22. The van der Waals surface area contributed by atoms with Crippen molar-refractivity contribution in [3.63, 3.8) is 0 Å². The number of rotatable bonds is 0. The number of hydrogen-bond acceptors (Lipinski definition) is 2. The standard InChI is InChI=1S/C18H28O2/c1-17-10-7-13-12(14(17)5-6-16(17)19)8-11-18(20)9-3-2-4-15(13)18/h5-6,12-16,19-20H,2-4,7-11H2,1H3/t12-,13+,14+,15-,16+,17+,18+/m1/s1. The van der Waals surface area contributed by atoms with Gasteiger partial charge in [0.2, 0.25) is 0 Å². The molecule has 2 N–H and O–H groups in total. The summed E-state index contributed by atoms with van der Waals surface area (Å²) in [6.07, 6.45) is 13.4. The van der Waals surface area contributed by atoms with Crippen molar-refractivity contribution < 1.29 is 10.2 Å². The first kappa shape index (κ1) is 13.3. The topological polar surface area (TPSA) is 40.5 Å². The fourth-order valence-corrected chi connectivity index (χ4v) is 6.25. The van der Waals surface area contributed by atoms with Gasteiger partial charge in [-0.15, -0.1) is 0 Å². The maximum absolute atomic E-state index is 11.0. The molecule has 0 saturated heterocycles. The van der Waals surface area contributed by atoms with E-state index in [0.29, 0.717) is 23.7 Å². The minimum absolute atomic E-state index is 0.0747. The number of allylic oxidation sites excluding steroid dienone is 1. The summed E-state index contributed by atoms with van der Waals surface area (Å²) in [4.78, 5) is 0. The lowest BCUT2D eigenvalue weighted by Crippen LogP contribution is -2.55. The Balaban J connectivity index is 1.64. The molecule has 0 aromatic carbocycles.